The van der Waals surface area contributed by atoms with E-state index in [9.17, 15) is 4.39 Å². The molecule has 1 aromatic rings. The number of hydrogen-bond acceptors (Lipinski definition) is 1. The van der Waals surface area contributed by atoms with Crippen LogP contribution in [0.15, 0.2) is 26.9 Å². The molecule has 11 heavy (non-hydrogen) atoms. The SMILES string of the molecule is F/C(=C/I)c1ccc(Br)cn1. The van der Waals surface area contributed by atoms with Crippen LogP contribution in [-0.2, 0) is 0 Å². The maximum atomic E-state index is 12.8. The summed E-state index contributed by atoms with van der Waals surface area (Å²) >= 11 is 5.05. The minimum absolute atomic E-state index is 0.307. The van der Waals surface area contributed by atoms with Crippen LogP contribution in [-0.4, -0.2) is 4.98 Å². The van der Waals surface area contributed by atoms with E-state index in [0.717, 1.165) is 4.47 Å². The van der Waals surface area contributed by atoms with Gasteiger partial charge in [-0.15, -0.1) is 0 Å². The molecule has 1 aromatic heterocycles. The lowest BCUT2D eigenvalue weighted by molar-refractivity contribution is 0.755. The minimum Gasteiger partial charge on any atom is -0.253 e. The van der Waals surface area contributed by atoms with Gasteiger partial charge in [-0.3, -0.25) is 4.98 Å². The van der Waals surface area contributed by atoms with Crippen molar-refractivity contribution in [2.45, 2.75) is 0 Å². The van der Waals surface area contributed by atoms with Crippen LogP contribution >= 0.6 is 38.5 Å². The van der Waals surface area contributed by atoms with Crippen molar-refractivity contribution in [3.05, 3.63) is 32.6 Å². The Labute approximate surface area is 86.0 Å². The first-order valence-corrected chi connectivity index (χ1v) is 4.85. The number of aromatic nitrogens is 1. The lowest BCUT2D eigenvalue weighted by atomic mass is 10.3. The van der Waals surface area contributed by atoms with E-state index in [2.05, 4.69) is 20.9 Å². The first kappa shape index (κ1) is 9.12. The van der Waals surface area contributed by atoms with Crippen molar-refractivity contribution in [3.63, 3.8) is 0 Å². The molecule has 0 aliphatic carbocycles. The highest BCUT2D eigenvalue weighted by atomic mass is 127. The van der Waals surface area contributed by atoms with Crippen LogP contribution < -0.4 is 0 Å². The molecule has 0 unspecified atom stereocenters. The summed E-state index contributed by atoms with van der Waals surface area (Å²) in [5.74, 6) is -0.307. The zero-order chi connectivity index (χ0) is 8.27. The zero-order valence-electron chi connectivity index (χ0n) is 5.39. The Balaban J connectivity index is 2.99. The lowest BCUT2D eigenvalue weighted by Crippen LogP contribution is -1.81. The minimum atomic E-state index is -0.307. The lowest BCUT2D eigenvalue weighted by Gasteiger charge is -1.94. The molecule has 0 radical (unpaired) electrons. The summed E-state index contributed by atoms with van der Waals surface area (Å²) in [6.45, 7) is 0. The molecule has 4 heteroatoms. The molecule has 1 nitrogen and oxygen atoms in total. The Kier molecular flexibility index (Phi) is 3.45. The van der Waals surface area contributed by atoms with Crippen LogP contribution in [0.2, 0.25) is 0 Å². The van der Waals surface area contributed by atoms with Crippen LogP contribution in [0.3, 0.4) is 0 Å². The zero-order valence-corrected chi connectivity index (χ0v) is 9.13. The van der Waals surface area contributed by atoms with Crippen molar-refractivity contribution in [1.82, 2.24) is 4.98 Å². The summed E-state index contributed by atoms with van der Waals surface area (Å²) in [7, 11) is 0. The van der Waals surface area contributed by atoms with E-state index < -0.39 is 0 Å². The second kappa shape index (κ2) is 4.15. The molecular weight excluding hydrogens is 324 g/mol. The van der Waals surface area contributed by atoms with Gasteiger partial charge in [-0.05, 0) is 50.7 Å². The van der Waals surface area contributed by atoms with E-state index in [1.807, 2.05) is 22.6 Å². The highest BCUT2D eigenvalue weighted by Gasteiger charge is 1.98. The predicted molar refractivity (Wildman–Crippen MR) is 55.0 cm³/mol. The largest absolute Gasteiger partial charge is 0.253 e. The van der Waals surface area contributed by atoms with Crippen molar-refractivity contribution >= 4 is 44.3 Å². The van der Waals surface area contributed by atoms with E-state index in [0.29, 0.717) is 5.69 Å². The molecule has 0 aliphatic rings. The van der Waals surface area contributed by atoms with Gasteiger partial charge >= 0.3 is 0 Å². The van der Waals surface area contributed by atoms with Crippen LogP contribution in [0.5, 0.6) is 0 Å². The normalized spacial score (nSPS) is 11.7. The van der Waals surface area contributed by atoms with E-state index in [1.165, 1.54) is 4.08 Å². The fraction of sp³-hybridized carbons (Fsp3) is 0. The highest BCUT2D eigenvalue weighted by Crippen LogP contribution is 2.16. The number of halogens is 3. The topological polar surface area (TPSA) is 12.9 Å². The summed E-state index contributed by atoms with van der Waals surface area (Å²) in [6, 6.07) is 3.37. The van der Waals surface area contributed by atoms with Gasteiger partial charge in [0.1, 0.15) is 0 Å². The molecule has 0 aromatic carbocycles. The third-order valence-corrected chi connectivity index (χ3v) is 2.08. The molecular formula is C7H4BrFIN. The summed E-state index contributed by atoms with van der Waals surface area (Å²) in [6.07, 6.45) is 1.56. The van der Waals surface area contributed by atoms with Gasteiger partial charge in [-0.1, -0.05) is 0 Å². The van der Waals surface area contributed by atoms with Gasteiger partial charge in [0.15, 0.2) is 5.83 Å². The molecule has 0 bridgehead atoms. The molecule has 0 N–H and O–H groups in total. The van der Waals surface area contributed by atoms with Crippen molar-refractivity contribution in [3.8, 4) is 0 Å². The number of hydrogen-bond donors (Lipinski definition) is 0. The Morgan fingerprint density at radius 3 is 2.82 bits per heavy atom. The third-order valence-electron chi connectivity index (χ3n) is 1.07. The molecule has 0 saturated heterocycles. The average molecular weight is 328 g/mol. The van der Waals surface area contributed by atoms with Gasteiger partial charge in [0.05, 0.1) is 5.69 Å². The number of rotatable bonds is 1. The smallest absolute Gasteiger partial charge is 0.154 e. The van der Waals surface area contributed by atoms with E-state index in [4.69, 9.17) is 0 Å². The fourth-order valence-electron chi connectivity index (χ4n) is 0.573. The second-order valence-corrected chi connectivity index (χ2v) is 3.36. The predicted octanol–water partition coefficient (Wildman–Crippen LogP) is 3.55. The molecule has 0 aliphatic heterocycles. The van der Waals surface area contributed by atoms with Crippen LogP contribution in [0, 0.1) is 0 Å². The van der Waals surface area contributed by atoms with Crippen molar-refractivity contribution < 1.29 is 4.39 Å². The molecule has 1 heterocycles. The molecule has 1 rings (SSSR count). The van der Waals surface area contributed by atoms with Crippen molar-refractivity contribution in [2.75, 3.05) is 0 Å². The summed E-state index contributed by atoms with van der Waals surface area (Å²) in [5.41, 5.74) is 0.364. The Hall–Kier alpha value is 0.0300. The molecule has 58 valence electrons. The second-order valence-electron chi connectivity index (χ2n) is 1.82. The average Bonchev–Trinajstić information content (AvgIpc) is 2.05. The number of pyridine rings is 1. The Morgan fingerprint density at radius 1 is 1.64 bits per heavy atom. The summed E-state index contributed by atoms with van der Waals surface area (Å²) in [5, 5.41) is 0. The molecule has 0 spiro atoms. The van der Waals surface area contributed by atoms with Gasteiger partial charge < -0.3 is 0 Å². The highest BCUT2D eigenvalue weighted by molar-refractivity contribution is 14.1. The monoisotopic (exact) mass is 327 g/mol. The van der Waals surface area contributed by atoms with Gasteiger partial charge in [-0.25, -0.2) is 4.39 Å². The Morgan fingerprint density at radius 2 is 2.36 bits per heavy atom. The number of nitrogens with zero attached hydrogens (tertiary/aromatic N) is 1. The fourth-order valence-corrected chi connectivity index (χ4v) is 1.13. The van der Waals surface area contributed by atoms with E-state index in [1.54, 1.807) is 18.3 Å². The van der Waals surface area contributed by atoms with Gasteiger partial charge in [0.2, 0.25) is 0 Å². The summed E-state index contributed by atoms with van der Waals surface area (Å²) < 4.78 is 15.0. The first-order chi connectivity index (χ1) is 5.24. The third kappa shape index (κ3) is 2.52. The molecule has 0 amide bonds. The molecule has 0 saturated carbocycles. The molecule has 0 atom stereocenters. The summed E-state index contributed by atoms with van der Waals surface area (Å²) in [4.78, 5) is 3.85. The van der Waals surface area contributed by atoms with E-state index in [-0.39, 0.29) is 5.83 Å². The quantitative estimate of drug-likeness (QED) is 0.719. The standard InChI is InChI=1S/C7H4BrFIN/c8-5-1-2-7(11-4-5)6(9)3-10/h1-4H/b6-3+. The molecule has 0 fully saturated rings. The first-order valence-electron chi connectivity index (χ1n) is 2.82. The Bertz CT molecular complexity index is 270. The maximum absolute atomic E-state index is 12.8. The van der Waals surface area contributed by atoms with Crippen LogP contribution in [0.4, 0.5) is 4.39 Å². The maximum Gasteiger partial charge on any atom is 0.154 e. The van der Waals surface area contributed by atoms with Crippen LogP contribution in [0.25, 0.3) is 5.83 Å². The van der Waals surface area contributed by atoms with Gasteiger partial charge in [0, 0.05) is 14.8 Å². The van der Waals surface area contributed by atoms with Crippen LogP contribution in [0.1, 0.15) is 5.69 Å². The van der Waals surface area contributed by atoms with Gasteiger partial charge in [0.25, 0.3) is 0 Å². The van der Waals surface area contributed by atoms with Gasteiger partial charge in [-0.2, -0.15) is 0 Å². The van der Waals surface area contributed by atoms with E-state index >= 15 is 0 Å². The van der Waals surface area contributed by atoms with Crippen molar-refractivity contribution in [2.24, 2.45) is 0 Å². The van der Waals surface area contributed by atoms with Crippen molar-refractivity contribution in [1.29, 1.82) is 0 Å².